The average molecular weight is 336 g/mol. The highest BCUT2D eigenvalue weighted by atomic mass is 16.6. The zero-order valence-corrected chi connectivity index (χ0v) is 14.3. The summed E-state index contributed by atoms with van der Waals surface area (Å²) in [5, 5.41) is 10.8. The van der Waals surface area contributed by atoms with Gasteiger partial charge in [-0.1, -0.05) is 0 Å². The number of ether oxygens (including phenoxy) is 1. The van der Waals surface area contributed by atoms with E-state index < -0.39 is 10.5 Å². The minimum atomic E-state index is -0.545. The van der Waals surface area contributed by atoms with Crippen LogP contribution in [0.4, 0.5) is 16.3 Å². The van der Waals surface area contributed by atoms with Crippen LogP contribution in [0.15, 0.2) is 12.1 Å². The standard InChI is InChI=1S/C16H24N4O4/c1-16(2,3)24-15(21)19-8-4-5-11(10-19)9-12-6-7-13(20(22)23)14(17)18-12/h6-7,11H,4-5,8-10H2,1-3H3,(H2,17,18). The van der Waals surface area contributed by atoms with Gasteiger partial charge in [-0.2, -0.15) is 0 Å². The van der Waals surface area contributed by atoms with Gasteiger partial charge >= 0.3 is 11.8 Å². The summed E-state index contributed by atoms with van der Waals surface area (Å²) < 4.78 is 5.41. The van der Waals surface area contributed by atoms with Crippen LogP contribution in [0.1, 0.15) is 39.3 Å². The smallest absolute Gasteiger partial charge is 0.410 e. The van der Waals surface area contributed by atoms with Crippen molar-refractivity contribution >= 4 is 17.6 Å². The molecule has 1 saturated heterocycles. The number of piperidine rings is 1. The maximum Gasteiger partial charge on any atom is 0.410 e. The molecule has 0 bridgehead atoms. The lowest BCUT2D eigenvalue weighted by Crippen LogP contribution is -2.43. The Balaban J connectivity index is 1.99. The minimum absolute atomic E-state index is 0.0719. The molecular formula is C16H24N4O4. The summed E-state index contributed by atoms with van der Waals surface area (Å²) >= 11 is 0. The van der Waals surface area contributed by atoms with E-state index in [1.54, 1.807) is 11.0 Å². The van der Waals surface area contributed by atoms with Crippen LogP contribution in [-0.4, -0.2) is 39.6 Å². The summed E-state index contributed by atoms with van der Waals surface area (Å²) in [6, 6.07) is 3.01. The molecule has 1 amide bonds. The molecule has 0 radical (unpaired) electrons. The van der Waals surface area contributed by atoms with E-state index in [1.807, 2.05) is 20.8 Å². The van der Waals surface area contributed by atoms with Crippen LogP contribution in [-0.2, 0) is 11.2 Å². The number of rotatable bonds is 3. The first kappa shape index (κ1) is 18.0. The number of nitrogen functional groups attached to an aromatic ring is 1. The number of likely N-dealkylation sites (tertiary alicyclic amines) is 1. The Bertz CT molecular complexity index is 627. The lowest BCUT2D eigenvalue weighted by atomic mass is 9.93. The minimum Gasteiger partial charge on any atom is -0.444 e. The van der Waals surface area contributed by atoms with E-state index in [2.05, 4.69) is 4.98 Å². The number of nitrogens with two attached hydrogens (primary N) is 1. The highest BCUT2D eigenvalue weighted by molar-refractivity contribution is 5.68. The predicted molar refractivity (Wildman–Crippen MR) is 89.5 cm³/mol. The topological polar surface area (TPSA) is 112 Å². The van der Waals surface area contributed by atoms with Crippen LogP contribution in [0, 0.1) is 16.0 Å². The monoisotopic (exact) mass is 336 g/mol. The zero-order valence-electron chi connectivity index (χ0n) is 14.3. The molecular weight excluding hydrogens is 312 g/mol. The van der Waals surface area contributed by atoms with E-state index in [0.29, 0.717) is 25.2 Å². The first-order valence-electron chi connectivity index (χ1n) is 8.03. The van der Waals surface area contributed by atoms with E-state index in [4.69, 9.17) is 10.5 Å². The number of anilines is 1. The molecule has 2 rings (SSSR count). The Morgan fingerprint density at radius 1 is 1.50 bits per heavy atom. The SMILES string of the molecule is CC(C)(C)OC(=O)N1CCCC(Cc2ccc([N+](=O)[O-])c(N)n2)C1. The molecule has 1 aromatic rings. The van der Waals surface area contributed by atoms with Crippen LogP contribution in [0.25, 0.3) is 0 Å². The lowest BCUT2D eigenvalue weighted by molar-refractivity contribution is -0.384. The average Bonchev–Trinajstić information content (AvgIpc) is 2.45. The van der Waals surface area contributed by atoms with E-state index in [9.17, 15) is 14.9 Å². The Hall–Kier alpha value is -2.38. The summed E-state index contributed by atoms with van der Waals surface area (Å²) in [5.74, 6) is 0.164. The molecule has 24 heavy (non-hydrogen) atoms. The fourth-order valence-corrected chi connectivity index (χ4v) is 2.80. The van der Waals surface area contributed by atoms with E-state index >= 15 is 0 Å². The number of pyridine rings is 1. The largest absolute Gasteiger partial charge is 0.444 e. The van der Waals surface area contributed by atoms with Gasteiger partial charge in [0.2, 0.25) is 5.82 Å². The first-order valence-corrected chi connectivity index (χ1v) is 8.03. The fourth-order valence-electron chi connectivity index (χ4n) is 2.80. The number of carbonyl (C=O) groups is 1. The van der Waals surface area contributed by atoms with Gasteiger partial charge in [0.25, 0.3) is 0 Å². The molecule has 8 heteroatoms. The second-order valence-electron chi connectivity index (χ2n) is 7.10. The summed E-state index contributed by atoms with van der Waals surface area (Å²) in [7, 11) is 0. The number of aromatic nitrogens is 1. The normalized spacial score (nSPS) is 18.3. The third kappa shape index (κ3) is 4.81. The van der Waals surface area contributed by atoms with Crippen molar-refractivity contribution < 1.29 is 14.5 Å². The van der Waals surface area contributed by atoms with Crippen LogP contribution in [0.3, 0.4) is 0 Å². The molecule has 132 valence electrons. The molecule has 1 unspecified atom stereocenters. The molecule has 0 aromatic carbocycles. The van der Waals surface area contributed by atoms with Gasteiger partial charge in [0.1, 0.15) is 5.60 Å². The molecule has 1 aliphatic rings. The predicted octanol–water partition coefficient (Wildman–Crippen LogP) is 2.76. The Labute approximate surface area is 141 Å². The van der Waals surface area contributed by atoms with Crippen molar-refractivity contribution in [2.75, 3.05) is 18.8 Å². The fraction of sp³-hybridized carbons (Fsp3) is 0.625. The van der Waals surface area contributed by atoms with Crippen molar-refractivity contribution in [3.63, 3.8) is 0 Å². The van der Waals surface area contributed by atoms with Gasteiger partial charge in [-0.05, 0) is 52.0 Å². The molecule has 1 aliphatic heterocycles. The maximum absolute atomic E-state index is 12.2. The molecule has 0 saturated carbocycles. The maximum atomic E-state index is 12.2. The highest BCUT2D eigenvalue weighted by Crippen LogP contribution is 2.24. The van der Waals surface area contributed by atoms with Gasteiger partial charge in [0.15, 0.2) is 0 Å². The van der Waals surface area contributed by atoms with E-state index in [1.165, 1.54) is 6.07 Å². The lowest BCUT2D eigenvalue weighted by Gasteiger charge is -2.34. The van der Waals surface area contributed by atoms with Crippen LogP contribution in [0.5, 0.6) is 0 Å². The van der Waals surface area contributed by atoms with E-state index in [-0.39, 0.29) is 23.5 Å². The second kappa shape index (κ2) is 7.02. The Kier molecular flexibility index (Phi) is 5.26. The number of hydrogen-bond donors (Lipinski definition) is 1. The Morgan fingerprint density at radius 3 is 2.79 bits per heavy atom. The van der Waals surface area contributed by atoms with Gasteiger partial charge in [0.05, 0.1) is 4.92 Å². The zero-order chi connectivity index (χ0) is 17.9. The third-order valence-corrected chi connectivity index (χ3v) is 3.83. The molecule has 0 aliphatic carbocycles. The quantitative estimate of drug-likeness (QED) is 0.671. The highest BCUT2D eigenvalue weighted by Gasteiger charge is 2.28. The van der Waals surface area contributed by atoms with Crippen molar-refractivity contribution in [2.45, 2.75) is 45.6 Å². The van der Waals surface area contributed by atoms with Gasteiger partial charge in [-0.15, -0.1) is 0 Å². The van der Waals surface area contributed by atoms with E-state index in [0.717, 1.165) is 12.8 Å². The van der Waals surface area contributed by atoms with Crippen LogP contribution >= 0.6 is 0 Å². The second-order valence-corrected chi connectivity index (χ2v) is 7.10. The first-order chi connectivity index (χ1) is 11.2. The molecule has 1 aromatic heterocycles. The Morgan fingerprint density at radius 2 is 2.21 bits per heavy atom. The van der Waals surface area contributed by atoms with Crippen molar-refractivity contribution in [1.29, 1.82) is 0 Å². The molecule has 2 heterocycles. The third-order valence-electron chi connectivity index (χ3n) is 3.83. The van der Waals surface area contributed by atoms with Crippen molar-refractivity contribution in [3.8, 4) is 0 Å². The molecule has 1 fully saturated rings. The number of hydrogen-bond acceptors (Lipinski definition) is 6. The van der Waals surface area contributed by atoms with Crippen molar-refractivity contribution in [2.24, 2.45) is 5.92 Å². The van der Waals surface area contributed by atoms with Gasteiger partial charge in [-0.25, -0.2) is 9.78 Å². The molecule has 1 atom stereocenters. The summed E-state index contributed by atoms with van der Waals surface area (Å²) in [5.41, 5.74) is 5.64. The summed E-state index contributed by atoms with van der Waals surface area (Å²) in [4.78, 5) is 28.3. The summed E-state index contributed by atoms with van der Waals surface area (Å²) in [6.45, 7) is 6.80. The van der Waals surface area contributed by atoms with Crippen molar-refractivity contribution in [3.05, 3.63) is 27.9 Å². The van der Waals surface area contributed by atoms with Gasteiger partial charge < -0.3 is 15.4 Å². The number of nitrogens with zero attached hydrogens (tertiary/aromatic N) is 3. The van der Waals surface area contributed by atoms with Gasteiger partial charge in [-0.3, -0.25) is 10.1 Å². The van der Waals surface area contributed by atoms with Gasteiger partial charge in [0, 0.05) is 24.8 Å². The molecule has 2 N–H and O–H groups in total. The number of carbonyl (C=O) groups excluding carboxylic acids is 1. The number of nitro groups is 1. The number of amides is 1. The van der Waals surface area contributed by atoms with Crippen LogP contribution < -0.4 is 5.73 Å². The van der Waals surface area contributed by atoms with Crippen LogP contribution in [0.2, 0.25) is 0 Å². The molecule has 0 spiro atoms. The molecule has 8 nitrogen and oxygen atoms in total. The summed E-state index contributed by atoms with van der Waals surface area (Å²) in [6.07, 6.45) is 2.19. The van der Waals surface area contributed by atoms with Crippen molar-refractivity contribution in [1.82, 2.24) is 9.88 Å².